The van der Waals surface area contributed by atoms with Crippen molar-refractivity contribution in [2.45, 2.75) is 0 Å². The minimum absolute atomic E-state index is 0.343. The molecule has 3 heteroatoms. The Morgan fingerprint density at radius 2 is 1.64 bits per heavy atom. The summed E-state index contributed by atoms with van der Waals surface area (Å²) in [5, 5.41) is 0. The molecule has 0 saturated carbocycles. The molecule has 0 aromatic heterocycles. The lowest BCUT2D eigenvalue weighted by molar-refractivity contribution is -0.128. The molecule has 0 atom stereocenters. The van der Waals surface area contributed by atoms with Crippen LogP contribution in [-0.4, -0.2) is 37.2 Å². The maximum atomic E-state index is 10.9. The van der Waals surface area contributed by atoms with Crippen molar-refractivity contribution in [3.05, 3.63) is 12.7 Å². The van der Waals surface area contributed by atoms with Gasteiger partial charge >= 0.3 is 5.97 Å². The summed E-state index contributed by atoms with van der Waals surface area (Å²) in [6.07, 6.45) is 11.1. The van der Waals surface area contributed by atoms with Gasteiger partial charge < -0.3 is 4.18 Å². The summed E-state index contributed by atoms with van der Waals surface area (Å²) in [6, 6.07) is 0. The van der Waals surface area contributed by atoms with E-state index in [1.807, 2.05) is 31.3 Å². The highest BCUT2D eigenvalue weighted by Gasteiger charge is 2.39. The molecule has 0 rings (SSSR count). The molecule has 68 valence electrons. The van der Waals surface area contributed by atoms with Gasteiger partial charge in [-0.1, -0.05) is 6.58 Å². The number of carbonyl (C=O) groups is 1. The molecule has 0 amide bonds. The SMILES string of the molecule is C=CC(=O)OS(C)(C)(C)(C)C. The van der Waals surface area contributed by atoms with Crippen molar-refractivity contribution in [3.8, 4) is 0 Å². The fraction of sp³-hybridized carbons (Fsp3) is 0.625. The summed E-state index contributed by atoms with van der Waals surface area (Å²) in [7, 11) is -2.55. The molecule has 0 aromatic carbocycles. The van der Waals surface area contributed by atoms with Gasteiger partial charge in [0.1, 0.15) is 0 Å². The lowest BCUT2D eigenvalue weighted by Crippen LogP contribution is -2.34. The van der Waals surface area contributed by atoms with Crippen molar-refractivity contribution < 1.29 is 8.98 Å². The van der Waals surface area contributed by atoms with Crippen molar-refractivity contribution in [1.29, 1.82) is 0 Å². The van der Waals surface area contributed by atoms with Crippen LogP contribution in [0.25, 0.3) is 0 Å². The van der Waals surface area contributed by atoms with E-state index in [4.69, 9.17) is 4.18 Å². The van der Waals surface area contributed by atoms with Gasteiger partial charge in [0.2, 0.25) is 0 Å². The van der Waals surface area contributed by atoms with Crippen LogP contribution in [0, 0.1) is 0 Å². The fourth-order valence-electron chi connectivity index (χ4n) is 0.445. The zero-order valence-electron chi connectivity index (χ0n) is 8.01. The van der Waals surface area contributed by atoms with E-state index in [1.54, 1.807) is 0 Å². The molecular weight excluding hydrogens is 160 g/mol. The van der Waals surface area contributed by atoms with Crippen LogP contribution >= 0.6 is 8.58 Å². The fourth-order valence-corrected chi connectivity index (χ4v) is 1.33. The summed E-state index contributed by atoms with van der Waals surface area (Å²) in [6.45, 7) is 3.35. The van der Waals surface area contributed by atoms with E-state index in [1.165, 1.54) is 6.08 Å². The van der Waals surface area contributed by atoms with Crippen LogP contribution in [0.5, 0.6) is 0 Å². The monoisotopic (exact) mass is 178 g/mol. The van der Waals surface area contributed by atoms with Crippen LogP contribution in [-0.2, 0) is 8.98 Å². The zero-order valence-corrected chi connectivity index (χ0v) is 8.83. The first-order valence-corrected chi connectivity index (χ1v) is 7.73. The van der Waals surface area contributed by atoms with E-state index in [2.05, 4.69) is 6.58 Å². The van der Waals surface area contributed by atoms with Crippen molar-refractivity contribution in [3.63, 3.8) is 0 Å². The highest BCUT2D eigenvalue weighted by Crippen LogP contribution is 2.76. The van der Waals surface area contributed by atoms with E-state index in [0.29, 0.717) is 0 Å². The Balaban J connectivity index is 4.64. The topological polar surface area (TPSA) is 26.3 Å². The van der Waals surface area contributed by atoms with E-state index in [-0.39, 0.29) is 5.97 Å². The number of hydrogen-bond donors (Lipinski definition) is 0. The second kappa shape index (κ2) is 1.83. The van der Waals surface area contributed by atoms with Crippen LogP contribution in [0.2, 0.25) is 0 Å². The van der Waals surface area contributed by atoms with Gasteiger partial charge in [0.05, 0.1) is 0 Å². The van der Waals surface area contributed by atoms with E-state index >= 15 is 0 Å². The largest absolute Gasteiger partial charge is 0.431 e. The second-order valence-electron chi connectivity index (χ2n) is 5.52. The molecule has 0 spiro atoms. The van der Waals surface area contributed by atoms with Gasteiger partial charge in [0.15, 0.2) is 0 Å². The zero-order chi connectivity index (χ0) is 9.40. The third-order valence-corrected chi connectivity index (χ3v) is 1.66. The Kier molecular flexibility index (Phi) is 1.76. The summed E-state index contributed by atoms with van der Waals surface area (Å²) in [5.74, 6) is -0.343. The standard InChI is InChI=1S/C8H18O2S/c1-7-8(9)10-11(2,3,4,5)6/h7H,1H2,2-6H3. The molecule has 0 N–H and O–H groups in total. The summed E-state index contributed by atoms with van der Waals surface area (Å²) < 4.78 is 5.32. The smallest absolute Gasteiger partial charge is 0.339 e. The average Bonchev–Trinajstić information content (AvgIpc) is 1.57. The highest BCUT2D eigenvalue weighted by molar-refractivity contribution is 8.59. The first kappa shape index (κ1) is 10.6. The first-order chi connectivity index (χ1) is 4.43. The molecule has 0 heterocycles. The van der Waals surface area contributed by atoms with Crippen LogP contribution in [0.4, 0.5) is 0 Å². The molecule has 0 aliphatic rings. The van der Waals surface area contributed by atoms with E-state index in [9.17, 15) is 4.79 Å². The summed E-state index contributed by atoms with van der Waals surface area (Å²) in [4.78, 5) is 10.9. The number of rotatable bonds is 2. The minimum Gasteiger partial charge on any atom is -0.431 e. The number of carbonyl (C=O) groups excluding carboxylic acids is 1. The van der Waals surface area contributed by atoms with Crippen LogP contribution in [0.15, 0.2) is 12.7 Å². The molecule has 11 heavy (non-hydrogen) atoms. The van der Waals surface area contributed by atoms with Gasteiger partial charge in [-0.2, -0.15) is 8.58 Å². The van der Waals surface area contributed by atoms with Gasteiger partial charge in [-0.15, -0.1) is 0 Å². The Labute approximate surface area is 68.1 Å². The Bertz CT molecular complexity index is 193. The Hall–Kier alpha value is -0.440. The van der Waals surface area contributed by atoms with Crippen molar-refractivity contribution in [1.82, 2.24) is 0 Å². The first-order valence-electron chi connectivity index (χ1n) is 3.31. The maximum absolute atomic E-state index is 10.9. The highest BCUT2D eigenvalue weighted by atomic mass is 32.4. The Morgan fingerprint density at radius 3 is 1.73 bits per heavy atom. The van der Waals surface area contributed by atoms with E-state index < -0.39 is 8.58 Å². The molecule has 0 aliphatic carbocycles. The maximum Gasteiger partial charge on any atom is 0.339 e. The second-order valence-corrected chi connectivity index (χ2v) is 15.5. The van der Waals surface area contributed by atoms with Crippen molar-refractivity contribution in [2.75, 3.05) is 31.3 Å². The quantitative estimate of drug-likeness (QED) is 0.601. The average molecular weight is 178 g/mol. The lowest BCUT2D eigenvalue weighted by Gasteiger charge is -2.64. The predicted octanol–water partition coefficient (Wildman–Crippen LogP) is 1.66. The minimum atomic E-state index is -2.55. The van der Waals surface area contributed by atoms with Crippen LogP contribution in [0.1, 0.15) is 0 Å². The van der Waals surface area contributed by atoms with Gasteiger partial charge in [-0.3, -0.25) is 0 Å². The van der Waals surface area contributed by atoms with Gasteiger partial charge in [0, 0.05) is 6.08 Å². The van der Waals surface area contributed by atoms with Gasteiger partial charge in [-0.25, -0.2) is 4.79 Å². The molecule has 0 aliphatic heterocycles. The third-order valence-electron chi connectivity index (χ3n) is 0.665. The van der Waals surface area contributed by atoms with Gasteiger partial charge in [-0.05, 0) is 31.3 Å². The van der Waals surface area contributed by atoms with E-state index in [0.717, 1.165) is 0 Å². The Morgan fingerprint density at radius 1 is 1.27 bits per heavy atom. The molecule has 0 fully saturated rings. The number of hydrogen-bond acceptors (Lipinski definition) is 2. The van der Waals surface area contributed by atoms with Crippen LogP contribution < -0.4 is 0 Å². The van der Waals surface area contributed by atoms with Gasteiger partial charge in [0.25, 0.3) is 0 Å². The molecule has 2 nitrogen and oxygen atoms in total. The van der Waals surface area contributed by atoms with Crippen molar-refractivity contribution in [2.24, 2.45) is 0 Å². The normalized spacial score (nSPS) is 17.9. The lowest BCUT2D eigenvalue weighted by atomic mass is 10.7. The third kappa shape index (κ3) is 7.46. The predicted molar refractivity (Wildman–Crippen MR) is 53.5 cm³/mol. The van der Waals surface area contributed by atoms with Crippen molar-refractivity contribution >= 4 is 14.5 Å². The molecule has 0 aromatic rings. The molecule has 0 radical (unpaired) electrons. The summed E-state index contributed by atoms with van der Waals surface area (Å²) >= 11 is 0. The van der Waals surface area contributed by atoms with Crippen LogP contribution in [0.3, 0.4) is 0 Å². The molecule has 0 saturated heterocycles. The molecular formula is C8H18O2S. The summed E-state index contributed by atoms with van der Waals surface area (Å²) in [5.41, 5.74) is 0. The molecule has 0 unspecified atom stereocenters. The molecule has 0 bridgehead atoms.